The molecule has 0 aliphatic carbocycles. The van der Waals surface area contributed by atoms with Crippen molar-refractivity contribution < 1.29 is 14.9 Å². The van der Waals surface area contributed by atoms with Crippen molar-refractivity contribution in [3.63, 3.8) is 0 Å². The SMILES string of the molecule is CO/C(O)=C(\C#N)c1[nH]nc(N)c1CCO. The number of allylic oxidation sites excluding steroid dienone is 1. The van der Waals surface area contributed by atoms with Crippen LogP contribution in [0.5, 0.6) is 0 Å². The number of nitrogens with two attached hydrogens (primary N) is 1. The molecule has 7 nitrogen and oxygen atoms in total. The van der Waals surface area contributed by atoms with Crippen molar-refractivity contribution in [2.75, 3.05) is 19.5 Å². The van der Waals surface area contributed by atoms with Crippen LogP contribution in [-0.4, -0.2) is 34.1 Å². The second kappa shape index (κ2) is 5.04. The number of nitrogens with one attached hydrogen (secondary N) is 1. The summed E-state index contributed by atoms with van der Waals surface area (Å²) in [6.07, 6.45) is 0.236. The monoisotopic (exact) mass is 224 g/mol. The minimum absolute atomic E-state index is 0.102. The van der Waals surface area contributed by atoms with Gasteiger partial charge in [0.2, 0.25) is 0 Å². The highest BCUT2D eigenvalue weighted by Crippen LogP contribution is 2.23. The molecule has 5 N–H and O–H groups in total. The van der Waals surface area contributed by atoms with Crippen LogP contribution in [0.4, 0.5) is 5.82 Å². The van der Waals surface area contributed by atoms with Gasteiger partial charge < -0.3 is 20.7 Å². The highest BCUT2D eigenvalue weighted by Gasteiger charge is 2.18. The van der Waals surface area contributed by atoms with E-state index in [0.717, 1.165) is 0 Å². The first-order valence-electron chi connectivity index (χ1n) is 4.47. The number of ether oxygens (including phenoxy) is 1. The van der Waals surface area contributed by atoms with Crippen LogP contribution in [0.2, 0.25) is 0 Å². The zero-order valence-corrected chi connectivity index (χ0v) is 8.69. The smallest absolute Gasteiger partial charge is 0.297 e. The maximum absolute atomic E-state index is 9.36. The maximum Gasteiger partial charge on any atom is 0.297 e. The third-order valence-electron chi connectivity index (χ3n) is 2.03. The molecule has 0 fully saturated rings. The zero-order valence-electron chi connectivity index (χ0n) is 8.69. The zero-order chi connectivity index (χ0) is 12.1. The van der Waals surface area contributed by atoms with Gasteiger partial charge in [-0.2, -0.15) is 10.4 Å². The number of nitrogens with zero attached hydrogens (tertiary/aromatic N) is 2. The summed E-state index contributed by atoms with van der Waals surface area (Å²) < 4.78 is 4.56. The number of aliphatic hydroxyl groups is 2. The van der Waals surface area contributed by atoms with Crippen LogP contribution in [0.3, 0.4) is 0 Å². The molecule has 1 heterocycles. The van der Waals surface area contributed by atoms with Gasteiger partial charge in [0, 0.05) is 18.6 Å². The van der Waals surface area contributed by atoms with Crippen molar-refractivity contribution >= 4 is 11.4 Å². The van der Waals surface area contributed by atoms with Crippen LogP contribution in [0.25, 0.3) is 5.57 Å². The summed E-state index contributed by atoms with van der Waals surface area (Å²) in [6.45, 7) is -0.136. The van der Waals surface area contributed by atoms with E-state index >= 15 is 0 Å². The van der Waals surface area contributed by atoms with Gasteiger partial charge in [-0.3, -0.25) is 5.10 Å². The molecule has 0 spiro atoms. The Morgan fingerprint density at radius 1 is 1.69 bits per heavy atom. The first-order chi connectivity index (χ1) is 7.65. The minimum Gasteiger partial charge on any atom is -0.480 e. The molecule has 0 radical (unpaired) electrons. The van der Waals surface area contributed by atoms with Gasteiger partial charge >= 0.3 is 0 Å². The van der Waals surface area contributed by atoms with E-state index in [9.17, 15) is 5.11 Å². The molecule has 86 valence electrons. The molecular formula is C9H12N4O3. The number of nitrogen functional groups attached to an aromatic ring is 1. The van der Waals surface area contributed by atoms with Gasteiger partial charge in [0.1, 0.15) is 11.9 Å². The first kappa shape index (κ1) is 11.9. The van der Waals surface area contributed by atoms with E-state index in [-0.39, 0.29) is 30.1 Å². The van der Waals surface area contributed by atoms with Crippen molar-refractivity contribution in [3.8, 4) is 6.07 Å². The lowest BCUT2D eigenvalue weighted by molar-refractivity contribution is 0.139. The van der Waals surface area contributed by atoms with Gasteiger partial charge in [0.25, 0.3) is 5.95 Å². The summed E-state index contributed by atoms with van der Waals surface area (Å²) in [7, 11) is 1.23. The summed E-state index contributed by atoms with van der Waals surface area (Å²) in [5.74, 6) is -0.342. The van der Waals surface area contributed by atoms with Gasteiger partial charge in [-0.1, -0.05) is 0 Å². The average molecular weight is 224 g/mol. The molecule has 1 aromatic heterocycles. The lowest BCUT2D eigenvalue weighted by Gasteiger charge is -2.03. The average Bonchev–Trinajstić information content (AvgIpc) is 2.63. The number of hydrogen-bond donors (Lipinski definition) is 4. The van der Waals surface area contributed by atoms with E-state index in [4.69, 9.17) is 16.1 Å². The normalized spacial score (nSPS) is 11.8. The molecule has 0 aliphatic rings. The second-order valence-electron chi connectivity index (χ2n) is 2.93. The van der Waals surface area contributed by atoms with Crippen LogP contribution in [-0.2, 0) is 11.2 Å². The van der Waals surface area contributed by atoms with Crippen LogP contribution in [0.15, 0.2) is 5.95 Å². The van der Waals surface area contributed by atoms with Crippen molar-refractivity contribution in [2.45, 2.75) is 6.42 Å². The van der Waals surface area contributed by atoms with E-state index in [1.807, 2.05) is 0 Å². The summed E-state index contributed by atoms with van der Waals surface area (Å²) in [5, 5.41) is 33.3. The minimum atomic E-state index is -0.523. The summed E-state index contributed by atoms with van der Waals surface area (Å²) in [4.78, 5) is 0. The standard InChI is InChI=1S/C9H12N4O3/c1-16-9(15)6(4-10)7-5(2-3-14)8(11)13-12-7/h14-15H,2-3H2,1H3,(H3,11,12,13)/b9-6+. The number of aromatic nitrogens is 2. The Hall–Kier alpha value is -2.20. The Balaban J connectivity index is 3.27. The number of aliphatic hydroxyl groups excluding tert-OH is 2. The lowest BCUT2D eigenvalue weighted by Crippen LogP contribution is -2.00. The topological polar surface area (TPSA) is 128 Å². The summed E-state index contributed by atoms with van der Waals surface area (Å²) in [6, 6.07) is 1.78. The molecule has 1 rings (SSSR count). The molecule has 7 heteroatoms. The van der Waals surface area contributed by atoms with Gasteiger partial charge in [0.15, 0.2) is 5.57 Å². The maximum atomic E-state index is 9.36. The lowest BCUT2D eigenvalue weighted by atomic mass is 10.1. The predicted molar refractivity (Wildman–Crippen MR) is 56.0 cm³/mol. The molecule has 0 aliphatic heterocycles. The number of methoxy groups -OCH3 is 1. The highest BCUT2D eigenvalue weighted by molar-refractivity contribution is 5.78. The molecule has 0 bridgehead atoms. The van der Waals surface area contributed by atoms with Crippen LogP contribution >= 0.6 is 0 Å². The first-order valence-corrected chi connectivity index (χ1v) is 4.47. The van der Waals surface area contributed by atoms with Crippen LogP contribution in [0.1, 0.15) is 11.3 Å². The number of aromatic amines is 1. The number of hydrogen-bond acceptors (Lipinski definition) is 6. The molecule has 0 saturated carbocycles. The highest BCUT2D eigenvalue weighted by atomic mass is 16.6. The molecule has 16 heavy (non-hydrogen) atoms. The van der Waals surface area contributed by atoms with Crippen molar-refractivity contribution in [1.29, 1.82) is 5.26 Å². The van der Waals surface area contributed by atoms with Crippen molar-refractivity contribution in [2.24, 2.45) is 0 Å². The number of rotatable bonds is 4. The van der Waals surface area contributed by atoms with Crippen molar-refractivity contribution in [1.82, 2.24) is 10.2 Å². The Labute approximate surface area is 91.8 Å². The molecule has 0 aromatic carbocycles. The van der Waals surface area contributed by atoms with Crippen LogP contribution in [0, 0.1) is 11.3 Å². The fourth-order valence-corrected chi connectivity index (χ4v) is 1.26. The molecule has 0 saturated heterocycles. The second-order valence-corrected chi connectivity index (χ2v) is 2.93. The Kier molecular flexibility index (Phi) is 3.74. The van der Waals surface area contributed by atoms with Crippen LogP contribution < -0.4 is 5.73 Å². The van der Waals surface area contributed by atoms with E-state index in [1.54, 1.807) is 6.07 Å². The van der Waals surface area contributed by atoms with Gasteiger partial charge in [-0.15, -0.1) is 0 Å². The molecule has 0 unspecified atom stereocenters. The third-order valence-corrected chi connectivity index (χ3v) is 2.03. The Bertz CT molecular complexity index is 444. The van der Waals surface area contributed by atoms with Gasteiger partial charge in [-0.05, 0) is 0 Å². The molecule has 0 atom stereocenters. The quantitative estimate of drug-likeness (QED) is 0.418. The van der Waals surface area contributed by atoms with Crippen molar-refractivity contribution in [3.05, 3.63) is 17.2 Å². The Morgan fingerprint density at radius 2 is 2.38 bits per heavy atom. The Morgan fingerprint density at radius 3 is 2.88 bits per heavy atom. The molecular weight excluding hydrogens is 212 g/mol. The van der Waals surface area contributed by atoms with E-state index in [2.05, 4.69) is 14.9 Å². The summed E-state index contributed by atoms with van der Waals surface area (Å²) >= 11 is 0. The van der Waals surface area contributed by atoms with E-state index < -0.39 is 5.95 Å². The molecule has 0 amide bonds. The van der Waals surface area contributed by atoms with Gasteiger partial charge in [0.05, 0.1) is 12.8 Å². The molecule has 1 aromatic rings. The van der Waals surface area contributed by atoms with Gasteiger partial charge in [-0.25, -0.2) is 0 Å². The predicted octanol–water partition coefficient (Wildman–Crippen LogP) is -0.0767. The largest absolute Gasteiger partial charge is 0.480 e. The fraction of sp³-hybridized carbons (Fsp3) is 0.333. The number of H-pyrrole nitrogens is 1. The number of anilines is 1. The number of nitriles is 1. The third kappa shape index (κ3) is 2.07. The van der Waals surface area contributed by atoms with E-state index in [1.165, 1.54) is 7.11 Å². The summed E-state index contributed by atoms with van der Waals surface area (Å²) in [5.41, 5.74) is 6.18. The van der Waals surface area contributed by atoms with E-state index in [0.29, 0.717) is 5.56 Å². The fourth-order valence-electron chi connectivity index (χ4n) is 1.26.